The van der Waals surface area contributed by atoms with E-state index in [0.29, 0.717) is 29.4 Å². The van der Waals surface area contributed by atoms with Crippen molar-refractivity contribution in [2.24, 2.45) is 0 Å². The van der Waals surface area contributed by atoms with E-state index in [1.807, 2.05) is 6.92 Å². The van der Waals surface area contributed by atoms with E-state index in [1.165, 1.54) is 0 Å². The van der Waals surface area contributed by atoms with Crippen molar-refractivity contribution in [3.8, 4) is 11.5 Å². The fourth-order valence-electron chi connectivity index (χ4n) is 1.84. The van der Waals surface area contributed by atoms with Gasteiger partial charge in [-0.1, -0.05) is 6.92 Å². The van der Waals surface area contributed by atoms with E-state index in [0.717, 1.165) is 6.42 Å². The lowest BCUT2D eigenvalue weighted by atomic mass is 10.0. The molecule has 5 heteroatoms. The smallest absolute Gasteiger partial charge is 0.268 e. The van der Waals surface area contributed by atoms with Gasteiger partial charge in [0.1, 0.15) is 0 Å². The second-order valence-corrected chi connectivity index (χ2v) is 5.04. The van der Waals surface area contributed by atoms with Crippen molar-refractivity contribution in [1.29, 1.82) is 0 Å². The summed E-state index contributed by atoms with van der Waals surface area (Å²) >= 11 is 0. The quantitative estimate of drug-likeness (QED) is 0.874. The number of ether oxygens (including phenoxy) is 2. The number of benzene rings is 1. The van der Waals surface area contributed by atoms with Gasteiger partial charge in [0.15, 0.2) is 17.1 Å². The molecule has 1 heterocycles. The summed E-state index contributed by atoms with van der Waals surface area (Å²) in [5, 5.41) is 12.0. The van der Waals surface area contributed by atoms with Crippen LogP contribution in [0.4, 0.5) is 5.69 Å². The van der Waals surface area contributed by atoms with E-state index >= 15 is 0 Å². The first-order valence-electron chi connectivity index (χ1n) is 6.39. The summed E-state index contributed by atoms with van der Waals surface area (Å²) in [5.74, 6) is 0.864. The van der Waals surface area contributed by atoms with Gasteiger partial charge in [-0.3, -0.25) is 4.79 Å². The Morgan fingerprint density at radius 1 is 1.42 bits per heavy atom. The number of hydrogen-bond donors (Lipinski definition) is 2. The van der Waals surface area contributed by atoms with Crippen LogP contribution in [0.25, 0.3) is 0 Å². The lowest BCUT2D eigenvalue weighted by molar-refractivity contribution is -0.129. The number of amides is 1. The average molecular weight is 265 g/mol. The summed E-state index contributed by atoms with van der Waals surface area (Å²) < 4.78 is 11.4. The van der Waals surface area contributed by atoms with E-state index in [9.17, 15) is 9.90 Å². The molecule has 2 N–H and O–H groups in total. The zero-order chi connectivity index (χ0) is 14.0. The van der Waals surface area contributed by atoms with Crippen LogP contribution >= 0.6 is 0 Å². The highest BCUT2D eigenvalue weighted by atomic mass is 16.5. The molecule has 0 unspecified atom stereocenters. The predicted molar refractivity (Wildman–Crippen MR) is 71.5 cm³/mol. The maximum atomic E-state index is 11.9. The van der Waals surface area contributed by atoms with E-state index in [4.69, 9.17) is 9.47 Å². The van der Waals surface area contributed by atoms with Crippen LogP contribution in [-0.2, 0) is 11.4 Å². The maximum absolute atomic E-state index is 11.9. The van der Waals surface area contributed by atoms with Crippen LogP contribution < -0.4 is 14.8 Å². The van der Waals surface area contributed by atoms with E-state index in [1.54, 1.807) is 26.0 Å². The van der Waals surface area contributed by atoms with E-state index in [-0.39, 0.29) is 12.5 Å². The van der Waals surface area contributed by atoms with Crippen molar-refractivity contribution in [2.75, 3.05) is 11.9 Å². The molecule has 5 nitrogen and oxygen atoms in total. The lowest BCUT2D eigenvalue weighted by Crippen LogP contribution is -2.45. The number of rotatable bonds is 4. The Morgan fingerprint density at radius 2 is 2.16 bits per heavy atom. The van der Waals surface area contributed by atoms with Gasteiger partial charge in [0.2, 0.25) is 0 Å². The molecule has 0 bridgehead atoms. The predicted octanol–water partition coefficient (Wildman–Crippen LogP) is 2.08. The lowest BCUT2D eigenvalue weighted by Gasteiger charge is -2.32. The monoisotopic (exact) mass is 265 g/mol. The molecule has 0 spiro atoms. The van der Waals surface area contributed by atoms with Crippen LogP contribution in [0.15, 0.2) is 12.1 Å². The Balaban J connectivity index is 2.44. The highest BCUT2D eigenvalue weighted by Gasteiger charge is 2.37. The molecule has 2 rings (SSSR count). The molecule has 19 heavy (non-hydrogen) atoms. The van der Waals surface area contributed by atoms with Crippen molar-refractivity contribution < 1.29 is 19.4 Å². The van der Waals surface area contributed by atoms with Crippen molar-refractivity contribution in [3.63, 3.8) is 0 Å². The topological polar surface area (TPSA) is 67.8 Å². The van der Waals surface area contributed by atoms with Crippen LogP contribution in [0.3, 0.4) is 0 Å². The third-order valence-electron chi connectivity index (χ3n) is 2.91. The molecular weight excluding hydrogens is 246 g/mol. The minimum atomic E-state index is -0.932. The minimum Gasteiger partial charge on any atom is -0.490 e. The third kappa shape index (κ3) is 2.66. The van der Waals surface area contributed by atoms with Crippen LogP contribution in [0.1, 0.15) is 32.8 Å². The number of carbonyl (C=O) groups is 1. The summed E-state index contributed by atoms with van der Waals surface area (Å²) in [5.41, 5.74) is 0.286. The van der Waals surface area contributed by atoms with Crippen LogP contribution in [0.2, 0.25) is 0 Å². The zero-order valence-electron chi connectivity index (χ0n) is 11.4. The maximum Gasteiger partial charge on any atom is 0.268 e. The summed E-state index contributed by atoms with van der Waals surface area (Å²) in [7, 11) is 0. The molecule has 1 amide bonds. The molecule has 104 valence electrons. The Bertz CT molecular complexity index is 496. The molecule has 1 aromatic carbocycles. The van der Waals surface area contributed by atoms with Gasteiger partial charge in [0.05, 0.1) is 18.9 Å². The highest BCUT2D eigenvalue weighted by molar-refractivity contribution is 6.00. The van der Waals surface area contributed by atoms with E-state index < -0.39 is 5.60 Å². The molecule has 0 atom stereocenters. The molecule has 1 aliphatic heterocycles. The Morgan fingerprint density at radius 3 is 2.79 bits per heavy atom. The van der Waals surface area contributed by atoms with Gasteiger partial charge in [-0.15, -0.1) is 0 Å². The number of anilines is 1. The summed E-state index contributed by atoms with van der Waals surface area (Å²) in [6.45, 7) is 5.85. The van der Waals surface area contributed by atoms with Gasteiger partial charge < -0.3 is 19.9 Å². The second-order valence-electron chi connectivity index (χ2n) is 5.04. The fourth-order valence-corrected chi connectivity index (χ4v) is 1.84. The molecule has 1 aliphatic rings. The van der Waals surface area contributed by atoms with Crippen molar-refractivity contribution >= 4 is 11.6 Å². The van der Waals surface area contributed by atoms with Gasteiger partial charge in [-0.25, -0.2) is 0 Å². The van der Waals surface area contributed by atoms with Crippen molar-refractivity contribution in [3.05, 3.63) is 17.7 Å². The molecule has 0 saturated heterocycles. The number of carbonyl (C=O) groups excluding carboxylic acids is 1. The third-order valence-corrected chi connectivity index (χ3v) is 2.91. The number of hydrogen-bond acceptors (Lipinski definition) is 4. The average Bonchev–Trinajstić information content (AvgIpc) is 2.37. The molecule has 1 aromatic rings. The summed E-state index contributed by atoms with van der Waals surface area (Å²) in [6.07, 6.45) is 0.869. The minimum absolute atomic E-state index is 0.116. The molecule has 0 aliphatic carbocycles. The molecule has 0 radical (unpaired) electrons. The summed E-state index contributed by atoms with van der Waals surface area (Å²) in [4.78, 5) is 11.9. The zero-order valence-corrected chi connectivity index (χ0v) is 11.4. The van der Waals surface area contributed by atoms with E-state index in [2.05, 4.69) is 5.32 Å². The largest absolute Gasteiger partial charge is 0.490 e. The number of aliphatic hydroxyl groups excluding tert-OH is 1. The van der Waals surface area contributed by atoms with Crippen LogP contribution in [0.5, 0.6) is 11.5 Å². The molecule has 0 aromatic heterocycles. The summed E-state index contributed by atoms with van der Waals surface area (Å²) in [6, 6.07) is 3.43. The molecule has 0 saturated carbocycles. The van der Waals surface area contributed by atoms with Gasteiger partial charge in [-0.05, 0) is 38.0 Å². The van der Waals surface area contributed by atoms with Gasteiger partial charge in [-0.2, -0.15) is 0 Å². The van der Waals surface area contributed by atoms with Gasteiger partial charge in [0, 0.05) is 0 Å². The molecular formula is C14H19NO4. The Hall–Kier alpha value is -1.75. The first-order chi connectivity index (χ1) is 8.97. The number of fused-ring (bicyclic) bond motifs is 1. The standard InChI is InChI=1S/C14H19NO4/c1-4-5-18-11-7-9(8-16)6-10-12(11)19-14(2,3)13(17)15-10/h6-7,16H,4-5,8H2,1-3H3,(H,15,17). The number of nitrogens with one attached hydrogen (secondary N) is 1. The van der Waals surface area contributed by atoms with Crippen LogP contribution in [-0.4, -0.2) is 23.2 Å². The second kappa shape index (κ2) is 5.09. The first kappa shape index (κ1) is 13.7. The Kier molecular flexibility index (Phi) is 3.66. The fraction of sp³-hybridized carbons (Fsp3) is 0.500. The first-order valence-corrected chi connectivity index (χ1v) is 6.39. The normalized spacial score (nSPS) is 16.3. The van der Waals surface area contributed by atoms with Gasteiger partial charge >= 0.3 is 0 Å². The van der Waals surface area contributed by atoms with Crippen molar-refractivity contribution in [1.82, 2.24) is 0 Å². The SMILES string of the molecule is CCCOc1cc(CO)cc2c1OC(C)(C)C(=O)N2. The number of aliphatic hydroxyl groups is 1. The van der Waals surface area contributed by atoms with Crippen molar-refractivity contribution in [2.45, 2.75) is 39.4 Å². The molecule has 0 fully saturated rings. The van der Waals surface area contributed by atoms with Crippen LogP contribution in [0, 0.1) is 0 Å². The Labute approximate surface area is 112 Å². The van der Waals surface area contributed by atoms with Gasteiger partial charge in [0.25, 0.3) is 5.91 Å². The highest BCUT2D eigenvalue weighted by Crippen LogP contribution is 2.42.